The van der Waals surface area contributed by atoms with Gasteiger partial charge in [0.25, 0.3) is 5.91 Å². The first-order valence-electron chi connectivity index (χ1n) is 5.64. The standard InChI is InChI=1S/C14H12FN3O/c15-12-9-11(6-5-10(12)3-1-7-16)18-14(19)13-4-2-8-17-13/h2,4-6,8-9,17H,7,16H2,(H,18,19). The molecule has 2 rings (SSSR count). The van der Waals surface area contributed by atoms with Crippen LogP contribution >= 0.6 is 0 Å². The van der Waals surface area contributed by atoms with Crippen LogP contribution in [0.3, 0.4) is 0 Å². The van der Waals surface area contributed by atoms with Crippen LogP contribution in [0.15, 0.2) is 36.5 Å². The van der Waals surface area contributed by atoms with Crippen LogP contribution in [0, 0.1) is 17.7 Å². The summed E-state index contributed by atoms with van der Waals surface area (Å²) >= 11 is 0. The van der Waals surface area contributed by atoms with Gasteiger partial charge < -0.3 is 16.0 Å². The van der Waals surface area contributed by atoms with Crippen molar-refractivity contribution in [3.05, 3.63) is 53.6 Å². The lowest BCUT2D eigenvalue weighted by atomic mass is 10.2. The molecule has 1 aromatic heterocycles. The maximum absolute atomic E-state index is 13.7. The van der Waals surface area contributed by atoms with Crippen molar-refractivity contribution in [2.75, 3.05) is 11.9 Å². The molecule has 0 saturated carbocycles. The fourth-order valence-electron chi connectivity index (χ4n) is 1.51. The Kier molecular flexibility index (Phi) is 3.96. The number of benzene rings is 1. The first-order chi connectivity index (χ1) is 9.20. The molecule has 0 aliphatic rings. The van der Waals surface area contributed by atoms with Gasteiger partial charge in [-0.1, -0.05) is 11.8 Å². The zero-order valence-corrected chi connectivity index (χ0v) is 10.0. The third-order valence-electron chi connectivity index (χ3n) is 2.39. The molecule has 0 spiro atoms. The van der Waals surface area contributed by atoms with Crippen LogP contribution in [0.1, 0.15) is 16.1 Å². The van der Waals surface area contributed by atoms with E-state index in [1.54, 1.807) is 24.4 Å². The van der Waals surface area contributed by atoms with E-state index < -0.39 is 5.82 Å². The second kappa shape index (κ2) is 5.85. The Morgan fingerprint density at radius 1 is 1.42 bits per heavy atom. The molecule has 0 atom stereocenters. The Morgan fingerprint density at radius 3 is 2.89 bits per heavy atom. The number of H-pyrrole nitrogens is 1. The number of hydrogen-bond acceptors (Lipinski definition) is 2. The van der Waals surface area contributed by atoms with Gasteiger partial charge in [-0.2, -0.15) is 0 Å². The SMILES string of the molecule is NCC#Cc1ccc(NC(=O)c2ccc[nH]2)cc1F. The van der Waals surface area contributed by atoms with Gasteiger partial charge in [-0.15, -0.1) is 0 Å². The van der Waals surface area contributed by atoms with E-state index in [0.717, 1.165) is 0 Å². The molecule has 1 amide bonds. The van der Waals surface area contributed by atoms with Gasteiger partial charge in [-0.25, -0.2) is 4.39 Å². The van der Waals surface area contributed by atoms with Crippen molar-refractivity contribution in [1.29, 1.82) is 0 Å². The monoisotopic (exact) mass is 257 g/mol. The van der Waals surface area contributed by atoms with Gasteiger partial charge in [0.2, 0.25) is 0 Å². The third kappa shape index (κ3) is 3.21. The van der Waals surface area contributed by atoms with Gasteiger partial charge in [-0.3, -0.25) is 4.79 Å². The number of amides is 1. The van der Waals surface area contributed by atoms with Crippen LogP contribution < -0.4 is 11.1 Å². The minimum absolute atomic E-state index is 0.171. The molecule has 1 aromatic carbocycles. The van der Waals surface area contributed by atoms with Crippen LogP contribution in [0.2, 0.25) is 0 Å². The predicted octanol–water partition coefficient (Wildman–Crippen LogP) is 1.72. The van der Waals surface area contributed by atoms with Crippen molar-refractivity contribution in [1.82, 2.24) is 4.98 Å². The Labute approximate surface area is 109 Å². The van der Waals surface area contributed by atoms with Gasteiger partial charge in [0, 0.05) is 11.9 Å². The topological polar surface area (TPSA) is 70.9 Å². The van der Waals surface area contributed by atoms with Crippen molar-refractivity contribution >= 4 is 11.6 Å². The lowest BCUT2D eigenvalue weighted by Crippen LogP contribution is -2.12. The van der Waals surface area contributed by atoms with Crippen molar-refractivity contribution < 1.29 is 9.18 Å². The Morgan fingerprint density at radius 2 is 2.26 bits per heavy atom. The molecule has 2 aromatic rings. The van der Waals surface area contributed by atoms with Crippen molar-refractivity contribution in [3.8, 4) is 11.8 Å². The summed E-state index contributed by atoms with van der Waals surface area (Å²) in [5.74, 6) is 4.36. The fourth-order valence-corrected chi connectivity index (χ4v) is 1.51. The molecule has 0 fully saturated rings. The highest BCUT2D eigenvalue weighted by molar-refractivity contribution is 6.02. The van der Waals surface area contributed by atoms with Crippen molar-refractivity contribution in [2.45, 2.75) is 0 Å². The normalized spacial score (nSPS) is 9.58. The number of rotatable bonds is 2. The maximum Gasteiger partial charge on any atom is 0.272 e. The van der Waals surface area contributed by atoms with Gasteiger partial charge in [-0.05, 0) is 30.3 Å². The van der Waals surface area contributed by atoms with E-state index in [4.69, 9.17) is 5.73 Å². The van der Waals surface area contributed by atoms with Crippen molar-refractivity contribution in [3.63, 3.8) is 0 Å². The summed E-state index contributed by atoms with van der Waals surface area (Å²) in [4.78, 5) is 14.5. The average molecular weight is 257 g/mol. The van der Waals surface area contributed by atoms with E-state index in [1.807, 2.05) is 0 Å². The molecule has 1 heterocycles. The highest BCUT2D eigenvalue weighted by Gasteiger charge is 2.08. The number of carbonyl (C=O) groups excluding carboxylic acids is 1. The van der Waals surface area contributed by atoms with Crippen LogP contribution in [-0.4, -0.2) is 17.4 Å². The van der Waals surface area contributed by atoms with E-state index in [0.29, 0.717) is 11.4 Å². The minimum atomic E-state index is -0.495. The zero-order chi connectivity index (χ0) is 13.7. The lowest BCUT2D eigenvalue weighted by molar-refractivity contribution is 0.102. The molecule has 0 aliphatic carbocycles. The van der Waals surface area contributed by atoms with Gasteiger partial charge in [0.1, 0.15) is 11.5 Å². The fraction of sp³-hybridized carbons (Fsp3) is 0.0714. The number of nitrogens with one attached hydrogen (secondary N) is 2. The summed E-state index contributed by atoms with van der Waals surface area (Å²) in [6, 6.07) is 7.65. The largest absolute Gasteiger partial charge is 0.357 e. The highest BCUT2D eigenvalue weighted by Crippen LogP contribution is 2.14. The summed E-state index contributed by atoms with van der Waals surface area (Å²) in [6.07, 6.45) is 1.64. The number of hydrogen-bond donors (Lipinski definition) is 3. The number of nitrogens with two attached hydrogens (primary N) is 1. The summed E-state index contributed by atoms with van der Waals surface area (Å²) in [5, 5.41) is 2.59. The number of anilines is 1. The lowest BCUT2D eigenvalue weighted by Gasteiger charge is -2.04. The van der Waals surface area contributed by atoms with E-state index in [2.05, 4.69) is 22.1 Å². The first kappa shape index (κ1) is 12.9. The Balaban J connectivity index is 2.14. The molecule has 0 aliphatic heterocycles. The summed E-state index contributed by atoms with van der Waals surface area (Å²) in [5.41, 5.74) is 6.25. The maximum atomic E-state index is 13.7. The molecule has 0 unspecified atom stereocenters. The van der Waals surface area contributed by atoms with E-state index in [9.17, 15) is 9.18 Å². The molecular formula is C14H12FN3O. The van der Waals surface area contributed by atoms with Gasteiger partial charge in [0.05, 0.1) is 12.1 Å². The first-order valence-corrected chi connectivity index (χ1v) is 5.64. The number of aromatic amines is 1. The number of halogens is 1. The minimum Gasteiger partial charge on any atom is -0.357 e. The second-order valence-corrected chi connectivity index (χ2v) is 3.74. The zero-order valence-electron chi connectivity index (χ0n) is 10.0. The Bertz CT molecular complexity index is 638. The molecule has 4 nitrogen and oxygen atoms in total. The molecule has 0 radical (unpaired) electrons. The third-order valence-corrected chi connectivity index (χ3v) is 2.39. The average Bonchev–Trinajstić information content (AvgIpc) is 2.92. The second-order valence-electron chi connectivity index (χ2n) is 3.74. The summed E-state index contributed by atoms with van der Waals surface area (Å²) < 4.78 is 13.7. The summed E-state index contributed by atoms with van der Waals surface area (Å²) in [7, 11) is 0. The van der Waals surface area contributed by atoms with Crippen LogP contribution in [-0.2, 0) is 0 Å². The van der Waals surface area contributed by atoms with Crippen LogP contribution in [0.4, 0.5) is 10.1 Å². The molecule has 0 bridgehead atoms. The molecule has 4 N–H and O–H groups in total. The molecular weight excluding hydrogens is 245 g/mol. The smallest absolute Gasteiger partial charge is 0.272 e. The molecule has 0 saturated heterocycles. The molecule has 96 valence electrons. The van der Waals surface area contributed by atoms with Gasteiger partial charge >= 0.3 is 0 Å². The van der Waals surface area contributed by atoms with Crippen molar-refractivity contribution in [2.24, 2.45) is 5.73 Å². The van der Waals surface area contributed by atoms with E-state index in [1.165, 1.54) is 12.1 Å². The molecule has 5 heteroatoms. The number of aromatic nitrogens is 1. The Hall–Kier alpha value is -2.58. The quantitative estimate of drug-likeness (QED) is 0.717. The molecule has 19 heavy (non-hydrogen) atoms. The van der Waals surface area contributed by atoms with E-state index in [-0.39, 0.29) is 18.0 Å². The van der Waals surface area contributed by atoms with Crippen LogP contribution in [0.25, 0.3) is 0 Å². The number of carbonyl (C=O) groups is 1. The van der Waals surface area contributed by atoms with E-state index >= 15 is 0 Å². The van der Waals surface area contributed by atoms with Gasteiger partial charge in [0.15, 0.2) is 0 Å². The predicted molar refractivity (Wildman–Crippen MR) is 71.1 cm³/mol. The summed E-state index contributed by atoms with van der Waals surface area (Å²) in [6.45, 7) is 0.171. The highest BCUT2D eigenvalue weighted by atomic mass is 19.1. The van der Waals surface area contributed by atoms with Crippen LogP contribution in [0.5, 0.6) is 0 Å².